The Kier molecular flexibility index (Phi) is 3.74. The molecule has 0 aliphatic heterocycles. The molecule has 2 N–H and O–H groups in total. The average Bonchev–Trinajstić information content (AvgIpc) is 2.48. The normalized spacial score (nSPS) is 10.2. The molecule has 0 radical (unpaired) electrons. The first kappa shape index (κ1) is 9.73. The standard InChI is InChI=1S/C7H11BO3S/c1-2-11-4-7-3-6(5-12-7)8(9)10/h3,5,9-10H,2,4H2,1H3. The van der Waals surface area contributed by atoms with Crippen LogP contribution in [0.3, 0.4) is 0 Å². The van der Waals surface area contributed by atoms with Crippen LogP contribution in [0.4, 0.5) is 0 Å². The Morgan fingerprint density at radius 1 is 1.58 bits per heavy atom. The molecule has 0 amide bonds. The Labute approximate surface area is 75.8 Å². The van der Waals surface area contributed by atoms with Crippen LogP contribution in [0.15, 0.2) is 11.4 Å². The summed E-state index contributed by atoms with van der Waals surface area (Å²) in [6.45, 7) is 3.15. The fourth-order valence-electron chi connectivity index (χ4n) is 0.811. The average molecular weight is 186 g/mol. The van der Waals surface area contributed by atoms with Gasteiger partial charge >= 0.3 is 7.12 Å². The lowest BCUT2D eigenvalue weighted by Gasteiger charge is -1.95. The lowest BCUT2D eigenvalue weighted by atomic mass is 9.83. The highest BCUT2D eigenvalue weighted by molar-refractivity contribution is 7.11. The van der Waals surface area contributed by atoms with Crippen molar-refractivity contribution in [3.8, 4) is 0 Å². The predicted octanol–water partition coefficient (Wildman–Crippen LogP) is -0.0356. The minimum absolute atomic E-state index is 0.537. The topological polar surface area (TPSA) is 49.7 Å². The van der Waals surface area contributed by atoms with E-state index in [9.17, 15) is 0 Å². The summed E-state index contributed by atoms with van der Waals surface area (Å²) in [6, 6.07) is 1.74. The maximum Gasteiger partial charge on any atom is 0.489 e. The number of rotatable bonds is 4. The summed E-state index contributed by atoms with van der Waals surface area (Å²) in [7, 11) is -1.36. The maximum absolute atomic E-state index is 8.78. The Bertz CT molecular complexity index is 236. The van der Waals surface area contributed by atoms with Crippen LogP contribution < -0.4 is 5.46 Å². The predicted molar refractivity (Wildman–Crippen MR) is 49.5 cm³/mol. The van der Waals surface area contributed by atoms with Crippen molar-refractivity contribution in [2.45, 2.75) is 13.5 Å². The van der Waals surface area contributed by atoms with Crippen LogP contribution in [0, 0.1) is 0 Å². The quantitative estimate of drug-likeness (QED) is 0.649. The monoisotopic (exact) mass is 186 g/mol. The number of hydrogen-bond acceptors (Lipinski definition) is 4. The first-order valence-corrected chi connectivity index (χ1v) is 4.63. The first-order valence-electron chi connectivity index (χ1n) is 3.75. The van der Waals surface area contributed by atoms with Gasteiger partial charge < -0.3 is 14.8 Å². The van der Waals surface area contributed by atoms with Gasteiger partial charge in [-0.2, -0.15) is 0 Å². The SMILES string of the molecule is CCOCc1cc(B(O)O)cs1. The van der Waals surface area contributed by atoms with Gasteiger partial charge in [-0.05, 0) is 23.8 Å². The first-order chi connectivity index (χ1) is 5.74. The van der Waals surface area contributed by atoms with Crippen molar-refractivity contribution in [2.24, 2.45) is 0 Å². The molecule has 0 spiro atoms. The van der Waals surface area contributed by atoms with Gasteiger partial charge in [-0.1, -0.05) is 0 Å². The second-order valence-corrected chi connectivity index (χ2v) is 3.35. The van der Waals surface area contributed by atoms with Crippen molar-refractivity contribution < 1.29 is 14.8 Å². The van der Waals surface area contributed by atoms with Crippen molar-refractivity contribution in [1.82, 2.24) is 0 Å². The van der Waals surface area contributed by atoms with E-state index in [0.29, 0.717) is 18.7 Å². The van der Waals surface area contributed by atoms with E-state index >= 15 is 0 Å². The third kappa shape index (κ3) is 2.60. The van der Waals surface area contributed by atoms with E-state index in [1.54, 1.807) is 11.4 Å². The second-order valence-electron chi connectivity index (χ2n) is 2.36. The van der Waals surface area contributed by atoms with Gasteiger partial charge in [0.05, 0.1) is 6.61 Å². The van der Waals surface area contributed by atoms with E-state index in [4.69, 9.17) is 14.8 Å². The molecule has 0 fully saturated rings. The molecule has 0 saturated carbocycles. The third-order valence-corrected chi connectivity index (χ3v) is 2.35. The van der Waals surface area contributed by atoms with E-state index in [1.165, 1.54) is 11.3 Å². The molecule has 1 aromatic heterocycles. The van der Waals surface area contributed by atoms with Crippen LogP contribution in [0.5, 0.6) is 0 Å². The van der Waals surface area contributed by atoms with Gasteiger partial charge in [0.1, 0.15) is 0 Å². The largest absolute Gasteiger partial charge is 0.489 e. The summed E-state index contributed by atoms with van der Waals surface area (Å²) in [5, 5.41) is 19.3. The summed E-state index contributed by atoms with van der Waals surface area (Å²) in [5.41, 5.74) is 0.537. The summed E-state index contributed by atoms with van der Waals surface area (Å²) in [6.07, 6.45) is 0. The van der Waals surface area contributed by atoms with Gasteiger partial charge in [0.2, 0.25) is 0 Å². The van der Waals surface area contributed by atoms with Gasteiger partial charge in [0.15, 0.2) is 0 Å². The molecule has 0 aliphatic carbocycles. The number of hydrogen-bond donors (Lipinski definition) is 2. The van der Waals surface area contributed by atoms with Crippen molar-refractivity contribution in [3.05, 3.63) is 16.3 Å². The molecule has 3 nitrogen and oxygen atoms in total. The van der Waals surface area contributed by atoms with E-state index in [1.807, 2.05) is 6.92 Å². The van der Waals surface area contributed by atoms with Crippen LogP contribution in [0.2, 0.25) is 0 Å². The lowest BCUT2D eigenvalue weighted by molar-refractivity contribution is 0.136. The Balaban J connectivity index is 2.52. The molecular weight excluding hydrogens is 175 g/mol. The van der Waals surface area contributed by atoms with E-state index < -0.39 is 7.12 Å². The van der Waals surface area contributed by atoms with E-state index in [-0.39, 0.29) is 0 Å². The molecular formula is C7H11BO3S. The highest BCUT2D eigenvalue weighted by atomic mass is 32.1. The second kappa shape index (κ2) is 4.62. The molecule has 0 saturated heterocycles. The van der Waals surface area contributed by atoms with Crippen LogP contribution in [-0.4, -0.2) is 23.8 Å². The highest BCUT2D eigenvalue weighted by Gasteiger charge is 2.12. The molecule has 0 unspecified atom stereocenters. The molecule has 0 atom stereocenters. The zero-order valence-corrected chi connectivity index (χ0v) is 7.67. The van der Waals surface area contributed by atoms with Gasteiger partial charge in [0.25, 0.3) is 0 Å². The van der Waals surface area contributed by atoms with Crippen molar-refractivity contribution in [2.75, 3.05) is 6.61 Å². The van der Waals surface area contributed by atoms with E-state index in [0.717, 1.165) is 4.88 Å². The van der Waals surface area contributed by atoms with E-state index in [2.05, 4.69) is 0 Å². The summed E-state index contributed by atoms with van der Waals surface area (Å²) in [4.78, 5) is 1.01. The number of ether oxygens (including phenoxy) is 1. The number of thiophene rings is 1. The summed E-state index contributed by atoms with van der Waals surface area (Å²) < 4.78 is 5.16. The summed E-state index contributed by atoms with van der Waals surface area (Å²) >= 11 is 1.47. The fraction of sp³-hybridized carbons (Fsp3) is 0.429. The molecule has 1 aromatic rings. The molecule has 5 heteroatoms. The minimum atomic E-state index is -1.36. The van der Waals surface area contributed by atoms with Crippen LogP contribution in [0.25, 0.3) is 0 Å². The molecule has 0 bridgehead atoms. The van der Waals surface area contributed by atoms with Gasteiger partial charge in [-0.15, -0.1) is 11.3 Å². The van der Waals surface area contributed by atoms with Gasteiger partial charge in [-0.3, -0.25) is 0 Å². The summed E-state index contributed by atoms with van der Waals surface area (Å²) in [5.74, 6) is 0. The van der Waals surface area contributed by atoms with Gasteiger partial charge in [0, 0.05) is 11.5 Å². The molecule has 1 rings (SSSR count). The highest BCUT2D eigenvalue weighted by Crippen LogP contribution is 2.08. The molecule has 12 heavy (non-hydrogen) atoms. The zero-order chi connectivity index (χ0) is 8.97. The minimum Gasteiger partial charge on any atom is -0.423 e. The van der Waals surface area contributed by atoms with Crippen LogP contribution in [-0.2, 0) is 11.3 Å². The van der Waals surface area contributed by atoms with Crippen molar-refractivity contribution >= 4 is 23.9 Å². The van der Waals surface area contributed by atoms with Gasteiger partial charge in [-0.25, -0.2) is 0 Å². The zero-order valence-electron chi connectivity index (χ0n) is 6.86. The molecule has 1 heterocycles. The van der Waals surface area contributed by atoms with Crippen molar-refractivity contribution in [1.29, 1.82) is 0 Å². The Morgan fingerprint density at radius 2 is 2.33 bits per heavy atom. The van der Waals surface area contributed by atoms with Crippen LogP contribution in [0.1, 0.15) is 11.8 Å². The Morgan fingerprint density at radius 3 is 2.83 bits per heavy atom. The van der Waals surface area contributed by atoms with Crippen LogP contribution >= 0.6 is 11.3 Å². The Hall–Kier alpha value is -0.355. The fourth-order valence-corrected chi connectivity index (χ4v) is 1.64. The maximum atomic E-state index is 8.78. The van der Waals surface area contributed by atoms with Crippen molar-refractivity contribution in [3.63, 3.8) is 0 Å². The smallest absolute Gasteiger partial charge is 0.423 e. The molecule has 0 aliphatic rings. The molecule has 66 valence electrons. The lowest BCUT2D eigenvalue weighted by Crippen LogP contribution is -2.27. The third-order valence-electron chi connectivity index (χ3n) is 1.42. The molecule has 0 aromatic carbocycles.